The van der Waals surface area contributed by atoms with Crippen molar-refractivity contribution in [2.45, 2.75) is 26.2 Å². The van der Waals surface area contributed by atoms with Crippen molar-refractivity contribution in [2.24, 2.45) is 0 Å². The molecule has 26 heavy (non-hydrogen) atoms. The molecule has 0 unspecified atom stereocenters. The lowest BCUT2D eigenvalue weighted by Crippen LogP contribution is -1.94. The number of hydrogen-bond donors (Lipinski definition) is 0. The molecule has 0 spiro atoms. The van der Waals surface area contributed by atoms with Gasteiger partial charge in [0, 0.05) is 28.1 Å². The molecule has 0 N–H and O–H groups in total. The first kappa shape index (κ1) is 16.9. The number of rotatable bonds is 5. The number of benzene rings is 2. The molecule has 1 aliphatic rings. The van der Waals surface area contributed by atoms with E-state index in [1.165, 1.54) is 29.9 Å². The van der Waals surface area contributed by atoms with Gasteiger partial charge in [0.2, 0.25) is 0 Å². The number of unbranched alkanes of at least 4 members (excludes halogenated alkanes) is 1. The van der Waals surface area contributed by atoms with Gasteiger partial charge in [-0.25, -0.2) is 0 Å². The van der Waals surface area contributed by atoms with E-state index in [1.54, 1.807) is 14.2 Å². The lowest BCUT2D eigenvalue weighted by Gasteiger charge is -2.14. The maximum atomic E-state index is 6.33. The first-order valence-corrected chi connectivity index (χ1v) is 9.60. The minimum absolute atomic E-state index is 0.647. The number of aromatic nitrogens is 1. The van der Waals surface area contributed by atoms with Crippen molar-refractivity contribution in [2.75, 3.05) is 14.2 Å². The van der Waals surface area contributed by atoms with Crippen molar-refractivity contribution in [1.82, 2.24) is 4.37 Å². The van der Waals surface area contributed by atoms with Crippen LogP contribution in [0.3, 0.4) is 0 Å². The van der Waals surface area contributed by atoms with Crippen LogP contribution >= 0.6 is 11.5 Å². The maximum Gasteiger partial charge on any atom is 0.164 e. The SMILES string of the molecule is CCCCc1ccc2c(c1)Oc1cc(OC)c(OC)cc1-c1nscc1-2. The monoisotopic (exact) mass is 367 g/mol. The Morgan fingerprint density at radius 2 is 1.73 bits per heavy atom. The second-order valence-corrected chi connectivity index (χ2v) is 6.95. The molecule has 134 valence electrons. The third kappa shape index (κ3) is 2.82. The Bertz CT molecular complexity index is 948. The van der Waals surface area contributed by atoms with E-state index in [-0.39, 0.29) is 0 Å². The molecule has 0 bridgehead atoms. The highest BCUT2D eigenvalue weighted by atomic mass is 32.1. The Balaban J connectivity index is 1.89. The summed E-state index contributed by atoms with van der Waals surface area (Å²) in [6.45, 7) is 2.21. The number of ether oxygens (including phenoxy) is 3. The zero-order valence-electron chi connectivity index (χ0n) is 15.2. The van der Waals surface area contributed by atoms with Gasteiger partial charge in [-0.1, -0.05) is 25.5 Å². The standard InChI is InChI=1S/C21H21NO3S/c1-4-5-6-13-7-8-14-16-12-26-22-21(16)15-10-19(23-2)20(24-3)11-18(15)25-17(14)9-13/h7-12H,4-6H2,1-3H3. The number of nitrogens with zero attached hydrogens (tertiary/aromatic N) is 1. The van der Waals surface area contributed by atoms with Gasteiger partial charge in [-0.3, -0.25) is 0 Å². The molecule has 0 amide bonds. The van der Waals surface area contributed by atoms with E-state index in [0.29, 0.717) is 11.5 Å². The summed E-state index contributed by atoms with van der Waals surface area (Å²) in [4.78, 5) is 0. The fourth-order valence-corrected chi connectivity index (χ4v) is 3.98. The van der Waals surface area contributed by atoms with Crippen LogP contribution in [-0.2, 0) is 6.42 Å². The molecule has 4 rings (SSSR count). The van der Waals surface area contributed by atoms with Crippen LogP contribution in [0.2, 0.25) is 0 Å². The molecule has 4 nitrogen and oxygen atoms in total. The summed E-state index contributed by atoms with van der Waals surface area (Å²) in [6, 6.07) is 10.3. The summed E-state index contributed by atoms with van der Waals surface area (Å²) in [7, 11) is 3.27. The highest BCUT2D eigenvalue weighted by molar-refractivity contribution is 7.04. The van der Waals surface area contributed by atoms with Gasteiger partial charge in [0.25, 0.3) is 0 Å². The van der Waals surface area contributed by atoms with Crippen molar-refractivity contribution in [1.29, 1.82) is 0 Å². The third-order valence-electron chi connectivity index (χ3n) is 4.69. The lowest BCUT2D eigenvalue weighted by molar-refractivity contribution is 0.352. The summed E-state index contributed by atoms with van der Waals surface area (Å²) in [5.74, 6) is 2.92. The first-order chi connectivity index (χ1) is 12.7. The van der Waals surface area contributed by atoms with Gasteiger partial charge in [-0.05, 0) is 42.1 Å². The number of fused-ring (bicyclic) bond motifs is 5. The van der Waals surface area contributed by atoms with Crippen LogP contribution in [0.15, 0.2) is 35.7 Å². The first-order valence-electron chi connectivity index (χ1n) is 8.77. The zero-order chi connectivity index (χ0) is 18.1. The van der Waals surface area contributed by atoms with Gasteiger partial charge in [0.1, 0.15) is 11.5 Å². The van der Waals surface area contributed by atoms with Gasteiger partial charge in [-0.15, -0.1) is 0 Å². The number of methoxy groups -OCH3 is 2. The molecule has 0 saturated heterocycles. The predicted octanol–water partition coefficient (Wildman–Crippen LogP) is 5.94. The van der Waals surface area contributed by atoms with Gasteiger partial charge >= 0.3 is 0 Å². The Hall–Kier alpha value is -2.53. The second-order valence-electron chi connectivity index (χ2n) is 6.32. The third-order valence-corrected chi connectivity index (χ3v) is 5.31. The molecule has 1 aliphatic heterocycles. The Morgan fingerprint density at radius 3 is 2.50 bits per heavy atom. The van der Waals surface area contributed by atoms with Crippen LogP contribution in [-0.4, -0.2) is 18.6 Å². The highest BCUT2D eigenvalue weighted by Crippen LogP contribution is 2.50. The van der Waals surface area contributed by atoms with E-state index in [2.05, 4.69) is 34.9 Å². The largest absolute Gasteiger partial charge is 0.493 e. The minimum atomic E-state index is 0.647. The summed E-state index contributed by atoms with van der Waals surface area (Å²) in [6.07, 6.45) is 3.41. The van der Waals surface area contributed by atoms with Crippen LogP contribution in [0.1, 0.15) is 25.3 Å². The molecule has 5 heteroatoms. The number of aryl methyl sites for hydroxylation is 1. The minimum Gasteiger partial charge on any atom is -0.493 e. The molecule has 2 heterocycles. The number of hydrogen-bond acceptors (Lipinski definition) is 5. The quantitative estimate of drug-likeness (QED) is 0.437. The lowest BCUT2D eigenvalue weighted by atomic mass is 9.99. The zero-order valence-corrected chi connectivity index (χ0v) is 16.0. The molecular formula is C21H21NO3S. The highest BCUT2D eigenvalue weighted by Gasteiger charge is 2.25. The fourth-order valence-electron chi connectivity index (χ4n) is 3.28. The molecule has 0 aliphatic carbocycles. The molecule has 1 aromatic heterocycles. The van der Waals surface area contributed by atoms with E-state index in [4.69, 9.17) is 14.2 Å². The molecular weight excluding hydrogens is 346 g/mol. The van der Waals surface area contributed by atoms with Crippen LogP contribution < -0.4 is 14.2 Å². The normalized spacial score (nSPS) is 11.7. The van der Waals surface area contributed by atoms with Crippen molar-refractivity contribution in [3.8, 4) is 45.4 Å². The van der Waals surface area contributed by atoms with Crippen molar-refractivity contribution in [3.63, 3.8) is 0 Å². The molecule has 0 saturated carbocycles. The van der Waals surface area contributed by atoms with E-state index >= 15 is 0 Å². The fraction of sp³-hybridized carbons (Fsp3) is 0.286. The van der Waals surface area contributed by atoms with Gasteiger partial charge in [0.15, 0.2) is 11.5 Å². The van der Waals surface area contributed by atoms with Gasteiger partial charge < -0.3 is 14.2 Å². The van der Waals surface area contributed by atoms with Crippen LogP contribution in [0, 0.1) is 0 Å². The van der Waals surface area contributed by atoms with E-state index < -0.39 is 0 Å². The van der Waals surface area contributed by atoms with Crippen molar-refractivity contribution >= 4 is 11.5 Å². The average molecular weight is 367 g/mol. The Morgan fingerprint density at radius 1 is 0.962 bits per heavy atom. The Kier molecular flexibility index (Phi) is 4.55. The van der Waals surface area contributed by atoms with Crippen molar-refractivity contribution in [3.05, 3.63) is 41.3 Å². The van der Waals surface area contributed by atoms with E-state index in [0.717, 1.165) is 40.3 Å². The molecule has 0 fully saturated rings. The van der Waals surface area contributed by atoms with Gasteiger partial charge in [0.05, 0.1) is 19.9 Å². The summed E-state index contributed by atoms with van der Waals surface area (Å²) < 4.78 is 21.9. The van der Waals surface area contributed by atoms with E-state index in [1.807, 2.05) is 12.1 Å². The Labute approximate surface area is 157 Å². The van der Waals surface area contributed by atoms with Crippen LogP contribution in [0.5, 0.6) is 23.0 Å². The molecule has 0 atom stereocenters. The summed E-state index contributed by atoms with van der Waals surface area (Å²) in [5, 5.41) is 2.08. The van der Waals surface area contributed by atoms with Crippen molar-refractivity contribution < 1.29 is 14.2 Å². The maximum absolute atomic E-state index is 6.33. The molecule has 2 aromatic carbocycles. The van der Waals surface area contributed by atoms with E-state index in [9.17, 15) is 0 Å². The van der Waals surface area contributed by atoms with Crippen LogP contribution in [0.25, 0.3) is 22.4 Å². The molecule has 3 aromatic rings. The smallest absolute Gasteiger partial charge is 0.164 e. The molecule has 0 radical (unpaired) electrons. The predicted molar refractivity (Wildman–Crippen MR) is 105 cm³/mol. The van der Waals surface area contributed by atoms with Gasteiger partial charge in [-0.2, -0.15) is 4.37 Å². The summed E-state index contributed by atoms with van der Waals surface area (Å²) in [5.41, 5.74) is 5.30. The topological polar surface area (TPSA) is 40.6 Å². The average Bonchev–Trinajstić information content (AvgIpc) is 3.11. The summed E-state index contributed by atoms with van der Waals surface area (Å²) >= 11 is 1.46. The van der Waals surface area contributed by atoms with Crippen LogP contribution in [0.4, 0.5) is 0 Å². The second kappa shape index (κ2) is 7.00.